The van der Waals surface area contributed by atoms with E-state index in [2.05, 4.69) is 37.7 Å². The second-order valence-electron chi connectivity index (χ2n) is 4.62. The van der Waals surface area contributed by atoms with Gasteiger partial charge in [0.1, 0.15) is 11.4 Å². The van der Waals surface area contributed by atoms with E-state index in [-0.39, 0.29) is 5.69 Å². The van der Waals surface area contributed by atoms with Crippen molar-refractivity contribution in [2.75, 3.05) is 0 Å². The van der Waals surface area contributed by atoms with Gasteiger partial charge in [0.05, 0.1) is 6.20 Å². The standard InChI is InChI=1S/C17H8BrClN2O3/c18-15-8-6-12(24-15)5-7-13-16(10-1-3-11(19)4-2-10)21-14(9-20-13)17(22)23/h1-4,6,8-9H,(H,22,23). The van der Waals surface area contributed by atoms with Crippen molar-refractivity contribution < 1.29 is 14.3 Å². The highest BCUT2D eigenvalue weighted by Gasteiger charge is 2.12. The minimum atomic E-state index is -1.16. The fourth-order valence-corrected chi connectivity index (χ4v) is 2.33. The second-order valence-corrected chi connectivity index (χ2v) is 5.84. The van der Waals surface area contributed by atoms with Crippen LogP contribution >= 0.6 is 27.5 Å². The number of aromatic carboxylic acids is 1. The number of carboxylic acids is 1. The Kier molecular flexibility index (Phi) is 4.65. The van der Waals surface area contributed by atoms with Gasteiger partial charge in [0, 0.05) is 10.6 Å². The fraction of sp³-hybridized carbons (Fsp3) is 0. The zero-order valence-corrected chi connectivity index (χ0v) is 14.3. The summed E-state index contributed by atoms with van der Waals surface area (Å²) in [4.78, 5) is 19.4. The van der Waals surface area contributed by atoms with Crippen LogP contribution in [-0.2, 0) is 0 Å². The first-order valence-electron chi connectivity index (χ1n) is 6.66. The Morgan fingerprint density at radius 1 is 1.17 bits per heavy atom. The van der Waals surface area contributed by atoms with Gasteiger partial charge in [0.25, 0.3) is 0 Å². The first-order valence-corrected chi connectivity index (χ1v) is 7.83. The van der Waals surface area contributed by atoms with E-state index in [0.29, 0.717) is 32.4 Å². The molecule has 0 fully saturated rings. The molecular formula is C17H8BrClN2O3. The summed E-state index contributed by atoms with van der Waals surface area (Å²) in [5.41, 5.74) is 1.21. The Morgan fingerprint density at radius 2 is 1.92 bits per heavy atom. The minimum Gasteiger partial charge on any atom is -0.476 e. The van der Waals surface area contributed by atoms with Gasteiger partial charge in [-0.05, 0) is 52.0 Å². The van der Waals surface area contributed by atoms with Crippen molar-refractivity contribution >= 4 is 33.5 Å². The lowest BCUT2D eigenvalue weighted by Gasteiger charge is -2.05. The molecule has 118 valence electrons. The molecule has 7 heteroatoms. The van der Waals surface area contributed by atoms with E-state index in [9.17, 15) is 4.79 Å². The van der Waals surface area contributed by atoms with E-state index in [4.69, 9.17) is 21.1 Å². The van der Waals surface area contributed by atoms with Gasteiger partial charge >= 0.3 is 5.97 Å². The number of nitrogens with zero attached hydrogens (tertiary/aromatic N) is 2. The summed E-state index contributed by atoms with van der Waals surface area (Å²) in [6, 6.07) is 10.3. The van der Waals surface area contributed by atoms with E-state index >= 15 is 0 Å². The quantitative estimate of drug-likeness (QED) is 0.647. The molecule has 1 aromatic carbocycles. The minimum absolute atomic E-state index is 0.161. The first-order chi connectivity index (χ1) is 11.5. The monoisotopic (exact) mass is 402 g/mol. The average molecular weight is 404 g/mol. The molecule has 0 radical (unpaired) electrons. The van der Waals surface area contributed by atoms with Crippen LogP contribution in [0.3, 0.4) is 0 Å². The van der Waals surface area contributed by atoms with Gasteiger partial charge < -0.3 is 9.52 Å². The molecule has 0 spiro atoms. The Morgan fingerprint density at radius 3 is 2.54 bits per heavy atom. The van der Waals surface area contributed by atoms with Gasteiger partial charge in [-0.1, -0.05) is 23.7 Å². The highest BCUT2D eigenvalue weighted by atomic mass is 79.9. The molecule has 1 N–H and O–H groups in total. The Bertz CT molecular complexity index is 971. The van der Waals surface area contributed by atoms with Crippen molar-refractivity contribution in [1.82, 2.24) is 9.97 Å². The van der Waals surface area contributed by atoms with E-state index in [1.165, 1.54) is 6.20 Å². The molecule has 0 saturated heterocycles. The van der Waals surface area contributed by atoms with E-state index in [0.717, 1.165) is 0 Å². The van der Waals surface area contributed by atoms with Crippen LogP contribution in [0, 0.1) is 11.8 Å². The van der Waals surface area contributed by atoms with Crippen molar-refractivity contribution in [3.63, 3.8) is 0 Å². The highest BCUT2D eigenvalue weighted by molar-refractivity contribution is 9.10. The predicted octanol–water partition coefficient (Wildman–Crippen LogP) is 4.25. The molecule has 0 saturated carbocycles. The number of carbonyl (C=O) groups is 1. The van der Waals surface area contributed by atoms with Crippen LogP contribution in [0.2, 0.25) is 5.02 Å². The number of hydrogen-bond donors (Lipinski definition) is 1. The van der Waals surface area contributed by atoms with Gasteiger partial charge in [-0.25, -0.2) is 14.8 Å². The van der Waals surface area contributed by atoms with Crippen LogP contribution in [0.15, 0.2) is 51.7 Å². The highest BCUT2D eigenvalue weighted by Crippen LogP contribution is 2.22. The summed E-state index contributed by atoms with van der Waals surface area (Å²) in [6.07, 6.45) is 1.17. The number of rotatable bonds is 2. The Balaban J connectivity index is 2.10. The summed E-state index contributed by atoms with van der Waals surface area (Å²) in [5.74, 6) is 4.98. The van der Waals surface area contributed by atoms with Crippen LogP contribution in [0.5, 0.6) is 0 Å². The average Bonchev–Trinajstić information content (AvgIpc) is 2.99. The third kappa shape index (κ3) is 3.65. The van der Waals surface area contributed by atoms with Crippen molar-refractivity contribution in [2.24, 2.45) is 0 Å². The lowest BCUT2D eigenvalue weighted by Crippen LogP contribution is -2.04. The van der Waals surface area contributed by atoms with Crippen LogP contribution < -0.4 is 0 Å². The smallest absolute Gasteiger partial charge is 0.356 e. The molecule has 0 unspecified atom stereocenters. The van der Waals surface area contributed by atoms with E-state index in [1.54, 1.807) is 36.4 Å². The van der Waals surface area contributed by atoms with E-state index in [1.807, 2.05) is 0 Å². The molecule has 2 aromatic heterocycles. The normalized spacial score (nSPS) is 10.1. The largest absolute Gasteiger partial charge is 0.476 e. The van der Waals surface area contributed by atoms with Gasteiger partial charge in [0.2, 0.25) is 0 Å². The molecule has 0 aliphatic carbocycles. The summed E-state index contributed by atoms with van der Waals surface area (Å²) in [5, 5.41) is 9.69. The molecule has 0 atom stereocenters. The fourth-order valence-electron chi connectivity index (χ4n) is 1.89. The van der Waals surface area contributed by atoms with Crippen molar-refractivity contribution in [3.05, 3.63) is 69.4 Å². The molecule has 3 aromatic rings. The zero-order valence-electron chi connectivity index (χ0n) is 12.0. The van der Waals surface area contributed by atoms with Crippen LogP contribution in [-0.4, -0.2) is 21.0 Å². The summed E-state index contributed by atoms with van der Waals surface area (Å²) < 4.78 is 5.88. The molecule has 3 rings (SSSR count). The lowest BCUT2D eigenvalue weighted by molar-refractivity contribution is 0.0690. The number of halogens is 2. The lowest BCUT2D eigenvalue weighted by atomic mass is 10.1. The Labute approximate surface area is 150 Å². The van der Waals surface area contributed by atoms with E-state index < -0.39 is 5.97 Å². The number of carboxylic acid groups (broad SMARTS) is 1. The maximum Gasteiger partial charge on any atom is 0.356 e. The van der Waals surface area contributed by atoms with Crippen LogP contribution in [0.1, 0.15) is 21.9 Å². The molecular weight excluding hydrogens is 396 g/mol. The zero-order chi connectivity index (χ0) is 17.1. The molecule has 2 heterocycles. The van der Waals surface area contributed by atoms with Gasteiger partial charge in [-0.15, -0.1) is 0 Å². The van der Waals surface area contributed by atoms with Crippen molar-refractivity contribution in [3.8, 4) is 23.1 Å². The number of benzene rings is 1. The third-order valence-corrected chi connectivity index (χ3v) is 3.66. The van der Waals surface area contributed by atoms with Gasteiger partial charge in [0.15, 0.2) is 16.1 Å². The second kappa shape index (κ2) is 6.87. The molecule has 0 aliphatic rings. The predicted molar refractivity (Wildman–Crippen MR) is 91.8 cm³/mol. The third-order valence-electron chi connectivity index (χ3n) is 2.99. The summed E-state index contributed by atoms with van der Waals surface area (Å²) in [6.45, 7) is 0. The number of aromatic nitrogens is 2. The van der Waals surface area contributed by atoms with Crippen LogP contribution in [0.25, 0.3) is 11.3 Å². The molecule has 0 aliphatic heterocycles. The van der Waals surface area contributed by atoms with Crippen molar-refractivity contribution in [1.29, 1.82) is 0 Å². The molecule has 24 heavy (non-hydrogen) atoms. The van der Waals surface area contributed by atoms with Crippen LogP contribution in [0.4, 0.5) is 0 Å². The molecule has 0 bridgehead atoms. The maximum atomic E-state index is 11.2. The van der Waals surface area contributed by atoms with Gasteiger partial charge in [-0.3, -0.25) is 0 Å². The summed E-state index contributed by atoms with van der Waals surface area (Å²) >= 11 is 9.09. The SMILES string of the molecule is O=C(O)c1cnc(C#Cc2ccc(Br)o2)c(-c2ccc(Cl)cc2)n1. The first kappa shape index (κ1) is 16.2. The Hall–Kier alpha value is -2.62. The summed E-state index contributed by atoms with van der Waals surface area (Å²) in [7, 11) is 0. The molecule has 0 amide bonds. The number of furan rings is 1. The topological polar surface area (TPSA) is 76.2 Å². The number of hydrogen-bond acceptors (Lipinski definition) is 4. The van der Waals surface area contributed by atoms with Gasteiger partial charge in [-0.2, -0.15) is 0 Å². The molecule has 5 nitrogen and oxygen atoms in total. The maximum absolute atomic E-state index is 11.2. The van der Waals surface area contributed by atoms with Crippen molar-refractivity contribution in [2.45, 2.75) is 0 Å².